The summed E-state index contributed by atoms with van der Waals surface area (Å²) in [5.41, 5.74) is 11.9. The highest BCUT2D eigenvalue weighted by Crippen LogP contribution is 2.21. The van der Waals surface area contributed by atoms with Gasteiger partial charge in [-0.2, -0.15) is 0 Å². The van der Waals surface area contributed by atoms with Crippen molar-refractivity contribution in [1.82, 2.24) is 9.97 Å². The van der Waals surface area contributed by atoms with E-state index in [0.717, 1.165) is 17.7 Å². The van der Waals surface area contributed by atoms with E-state index in [1.54, 1.807) is 0 Å². The summed E-state index contributed by atoms with van der Waals surface area (Å²) >= 11 is 0. The Kier molecular flexibility index (Phi) is 5.23. The maximum absolute atomic E-state index is 11.3. The number of ether oxygens (including phenoxy) is 1. The number of aromatic amines is 1. The summed E-state index contributed by atoms with van der Waals surface area (Å²) in [5.74, 6) is 1.19. The average Bonchev–Trinajstić information content (AvgIpc) is 2.50. The zero-order valence-electron chi connectivity index (χ0n) is 13.4. The predicted octanol–water partition coefficient (Wildman–Crippen LogP) is 1.43. The first-order valence-corrected chi connectivity index (χ1v) is 7.47. The Bertz CT molecular complexity index is 706. The van der Waals surface area contributed by atoms with Crippen LogP contribution in [0.25, 0.3) is 0 Å². The monoisotopic (exact) mass is 317 g/mol. The van der Waals surface area contributed by atoms with Gasteiger partial charge in [-0.15, -0.1) is 0 Å². The molecule has 1 aromatic heterocycles. The highest BCUT2D eigenvalue weighted by Gasteiger charge is 2.14. The Morgan fingerprint density at radius 2 is 2.17 bits per heavy atom. The summed E-state index contributed by atoms with van der Waals surface area (Å²) in [6, 6.07) is 7.77. The van der Waals surface area contributed by atoms with Gasteiger partial charge in [-0.3, -0.25) is 9.78 Å². The van der Waals surface area contributed by atoms with Crippen LogP contribution in [0.1, 0.15) is 25.8 Å². The number of nitrogens with one attached hydrogen (secondary N) is 2. The van der Waals surface area contributed by atoms with Gasteiger partial charge in [-0.1, -0.05) is 12.1 Å². The number of hydrogen-bond acceptors (Lipinski definition) is 6. The first-order chi connectivity index (χ1) is 10.9. The molecule has 0 amide bonds. The van der Waals surface area contributed by atoms with E-state index in [0.29, 0.717) is 19.1 Å². The van der Waals surface area contributed by atoms with Crippen LogP contribution in [0.2, 0.25) is 0 Å². The van der Waals surface area contributed by atoms with E-state index < -0.39 is 5.54 Å². The SMILES string of the molecule is CC(C)(N)c1cccc(OCCCNc2ncc(N)c(=O)[nH]2)c1. The molecule has 2 rings (SSSR count). The van der Waals surface area contributed by atoms with E-state index in [9.17, 15) is 4.79 Å². The number of nitrogens with zero attached hydrogens (tertiary/aromatic N) is 1. The number of benzene rings is 1. The van der Waals surface area contributed by atoms with E-state index in [1.807, 2.05) is 38.1 Å². The average molecular weight is 317 g/mol. The third-order valence-electron chi connectivity index (χ3n) is 3.29. The molecular weight excluding hydrogens is 294 g/mol. The van der Waals surface area contributed by atoms with Gasteiger partial charge in [0.15, 0.2) is 0 Å². The van der Waals surface area contributed by atoms with Crippen LogP contribution in [0.3, 0.4) is 0 Å². The minimum absolute atomic E-state index is 0.0987. The zero-order valence-corrected chi connectivity index (χ0v) is 13.4. The van der Waals surface area contributed by atoms with E-state index in [4.69, 9.17) is 16.2 Å². The second-order valence-electron chi connectivity index (χ2n) is 5.89. The zero-order chi connectivity index (χ0) is 16.9. The number of hydrogen-bond donors (Lipinski definition) is 4. The van der Waals surface area contributed by atoms with E-state index >= 15 is 0 Å². The molecule has 0 aliphatic rings. The van der Waals surface area contributed by atoms with Gasteiger partial charge in [-0.05, 0) is 38.0 Å². The standard InChI is InChI=1S/C16H23N5O2/c1-16(2,18)11-5-3-6-12(9-11)23-8-4-7-19-15-20-10-13(17)14(22)21-15/h3,5-6,9-10H,4,7-8,17-18H2,1-2H3,(H2,19,20,21,22). The molecule has 0 bridgehead atoms. The lowest BCUT2D eigenvalue weighted by Gasteiger charge is -2.19. The molecule has 1 aromatic carbocycles. The summed E-state index contributed by atoms with van der Waals surface area (Å²) < 4.78 is 5.71. The van der Waals surface area contributed by atoms with Gasteiger partial charge in [0.25, 0.3) is 5.56 Å². The van der Waals surface area contributed by atoms with Crippen molar-refractivity contribution in [2.24, 2.45) is 5.73 Å². The van der Waals surface area contributed by atoms with Crippen LogP contribution in [0.4, 0.5) is 11.6 Å². The van der Waals surface area contributed by atoms with Crippen LogP contribution < -0.4 is 27.1 Å². The summed E-state index contributed by atoms with van der Waals surface area (Å²) in [6.45, 7) is 5.07. The van der Waals surface area contributed by atoms with Crippen molar-refractivity contribution in [3.05, 3.63) is 46.4 Å². The summed E-state index contributed by atoms with van der Waals surface area (Å²) in [4.78, 5) is 17.9. The third-order valence-corrected chi connectivity index (χ3v) is 3.29. The van der Waals surface area contributed by atoms with Gasteiger partial charge in [0.2, 0.25) is 5.95 Å². The highest BCUT2D eigenvalue weighted by atomic mass is 16.5. The fourth-order valence-corrected chi connectivity index (χ4v) is 1.95. The minimum atomic E-state index is -0.395. The third kappa shape index (κ3) is 5.00. The molecule has 124 valence electrons. The Labute approximate surface area is 135 Å². The fraction of sp³-hybridized carbons (Fsp3) is 0.375. The van der Waals surface area contributed by atoms with E-state index in [2.05, 4.69) is 15.3 Å². The van der Waals surface area contributed by atoms with Gasteiger partial charge >= 0.3 is 0 Å². The number of H-pyrrole nitrogens is 1. The molecule has 0 atom stereocenters. The molecule has 0 aliphatic carbocycles. The maximum Gasteiger partial charge on any atom is 0.275 e. The normalized spacial score (nSPS) is 11.3. The van der Waals surface area contributed by atoms with E-state index in [1.165, 1.54) is 6.20 Å². The van der Waals surface area contributed by atoms with Crippen LogP contribution in [0, 0.1) is 0 Å². The van der Waals surface area contributed by atoms with Crippen LogP contribution in [0.15, 0.2) is 35.3 Å². The van der Waals surface area contributed by atoms with Gasteiger partial charge in [0.1, 0.15) is 11.4 Å². The number of nitrogens with two attached hydrogens (primary N) is 2. The van der Waals surface area contributed by atoms with Crippen LogP contribution in [0.5, 0.6) is 5.75 Å². The Hall–Kier alpha value is -2.54. The second-order valence-corrected chi connectivity index (χ2v) is 5.89. The largest absolute Gasteiger partial charge is 0.494 e. The number of rotatable bonds is 7. The van der Waals surface area contributed by atoms with Crippen molar-refractivity contribution in [2.45, 2.75) is 25.8 Å². The topological polar surface area (TPSA) is 119 Å². The Morgan fingerprint density at radius 1 is 1.39 bits per heavy atom. The van der Waals surface area contributed by atoms with Crippen molar-refractivity contribution in [1.29, 1.82) is 0 Å². The molecule has 0 unspecified atom stereocenters. The maximum atomic E-state index is 11.3. The summed E-state index contributed by atoms with van der Waals surface area (Å²) in [5, 5.41) is 3.01. The lowest BCUT2D eigenvalue weighted by atomic mass is 9.96. The van der Waals surface area contributed by atoms with Gasteiger partial charge in [-0.25, -0.2) is 4.98 Å². The highest BCUT2D eigenvalue weighted by molar-refractivity contribution is 5.36. The molecule has 0 radical (unpaired) electrons. The molecule has 2 aromatic rings. The van der Waals surface area contributed by atoms with Crippen molar-refractivity contribution >= 4 is 11.6 Å². The lowest BCUT2D eigenvalue weighted by molar-refractivity contribution is 0.314. The molecule has 0 aliphatic heterocycles. The second kappa shape index (κ2) is 7.15. The molecule has 0 saturated heterocycles. The van der Waals surface area contributed by atoms with Crippen LogP contribution in [-0.2, 0) is 5.54 Å². The molecule has 7 heteroatoms. The summed E-state index contributed by atoms with van der Waals surface area (Å²) in [6.07, 6.45) is 2.09. The van der Waals surface area contributed by atoms with E-state index in [-0.39, 0.29) is 11.2 Å². The van der Waals surface area contributed by atoms with Crippen molar-refractivity contribution in [2.75, 3.05) is 24.2 Å². The quantitative estimate of drug-likeness (QED) is 0.574. The van der Waals surface area contributed by atoms with Crippen LogP contribution in [-0.4, -0.2) is 23.1 Å². The molecule has 6 N–H and O–H groups in total. The minimum Gasteiger partial charge on any atom is -0.494 e. The first kappa shape index (κ1) is 16.8. The van der Waals surface area contributed by atoms with Crippen molar-refractivity contribution < 1.29 is 4.74 Å². The molecule has 1 heterocycles. The summed E-state index contributed by atoms with van der Waals surface area (Å²) in [7, 11) is 0. The number of aromatic nitrogens is 2. The van der Waals surface area contributed by atoms with Gasteiger partial charge in [0, 0.05) is 12.1 Å². The Morgan fingerprint density at radius 3 is 2.87 bits per heavy atom. The molecule has 23 heavy (non-hydrogen) atoms. The van der Waals surface area contributed by atoms with Crippen molar-refractivity contribution in [3.63, 3.8) is 0 Å². The van der Waals surface area contributed by atoms with Gasteiger partial charge < -0.3 is 21.5 Å². The lowest BCUT2D eigenvalue weighted by Crippen LogP contribution is -2.28. The van der Waals surface area contributed by atoms with Gasteiger partial charge in [0.05, 0.1) is 12.8 Å². The molecule has 0 fully saturated rings. The molecule has 0 saturated carbocycles. The van der Waals surface area contributed by atoms with Crippen molar-refractivity contribution in [3.8, 4) is 5.75 Å². The molecule has 0 spiro atoms. The fourth-order valence-electron chi connectivity index (χ4n) is 1.95. The first-order valence-electron chi connectivity index (χ1n) is 7.47. The predicted molar refractivity (Wildman–Crippen MR) is 91.5 cm³/mol. The Balaban J connectivity index is 1.77. The number of anilines is 2. The van der Waals surface area contributed by atoms with Crippen LogP contribution >= 0.6 is 0 Å². The molecule has 7 nitrogen and oxygen atoms in total. The smallest absolute Gasteiger partial charge is 0.275 e. The number of nitrogen functional groups attached to an aromatic ring is 1. The molecular formula is C16H23N5O2.